The van der Waals surface area contributed by atoms with Crippen molar-refractivity contribution in [2.24, 2.45) is 16.5 Å². The Balaban J connectivity index is 1.42. The molecule has 12 heteroatoms. The number of nitrogens with zero attached hydrogens (tertiary/aromatic N) is 4. The minimum absolute atomic E-state index is 0.0396. The number of hydrogen-bond acceptors (Lipinski definition) is 7. The topological polar surface area (TPSA) is 164 Å². The molecule has 2 aromatic rings. The van der Waals surface area contributed by atoms with Gasteiger partial charge >= 0.3 is 0 Å². The Morgan fingerprint density at radius 1 is 1.19 bits per heavy atom. The van der Waals surface area contributed by atoms with Crippen molar-refractivity contribution in [3.63, 3.8) is 0 Å². The number of carbonyl (C=O) groups excluding carboxylic acids is 4. The zero-order valence-electron chi connectivity index (χ0n) is 19.7. The predicted molar refractivity (Wildman–Crippen MR) is 134 cm³/mol. The van der Waals surface area contributed by atoms with E-state index in [-0.39, 0.29) is 42.1 Å². The molecule has 0 saturated carbocycles. The maximum atomic E-state index is 13.3. The van der Waals surface area contributed by atoms with Crippen LogP contribution in [-0.2, 0) is 9.59 Å². The van der Waals surface area contributed by atoms with Gasteiger partial charge in [0.25, 0.3) is 5.91 Å². The highest BCUT2D eigenvalue weighted by Gasteiger charge is 2.46. The molecule has 190 valence electrons. The fourth-order valence-electron chi connectivity index (χ4n) is 4.71. The number of guanidine groups is 1. The number of aromatic nitrogens is 1. The summed E-state index contributed by atoms with van der Waals surface area (Å²) in [6.07, 6.45) is 3.39. The minimum atomic E-state index is -0.812. The van der Waals surface area contributed by atoms with E-state index in [9.17, 15) is 19.2 Å². The van der Waals surface area contributed by atoms with E-state index < -0.39 is 12.1 Å². The summed E-state index contributed by atoms with van der Waals surface area (Å²) in [7, 11) is 0. The van der Waals surface area contributed by atoms with E-state index in [0.717, 1.165) is 0 Å². The highest BCUT2D eigenvalue weighted by Crippen LogP contribution is 2.29. The molecule has 2 fully saturated rings. The van der Waals surface area contributed by atoms with Crippen LogP contribution in [-0.4, -0.2) is 82.0 Å². The number of amides is 3. The minimum Gasteiger partial charge on any atom is -0.370 e. The zero-order valence-corrected chi connectivity index (χ0v) is 20.5. The number of ketones is 1. The first-order valence-electron chi connectivity index (χ1n) is 11.8. The fourth-order valence-corrected chi connectivity index (χ4v) is 5.34. The van der Waals surface area contributed by atoms with Crippen molar-refractivity contribution >= 4 is 40.8 Å². The summed E-state index contributed by atoms with van der Waals surface area (Å²) < 4.78 is 0. The highest BCUT2D eigenvalue weighted by atomic mass is 32.1. The maximum absolute atomic E-state index is 13.3. The lowest BCUT2D eigenvalue weighted by atomic mass is 10.1. The number of hydrogen-bond donors (Lipinski definition) is 3. The van der Waals surface area contributed by atoms with Crippen LogP contribution in [0.4, 0.5) is 0 Å². The van der Waals surface area contributed by atoms with Gasteiger partial charge in [0.05, 0.1) is 12.1 Å². The van der Waals surface area contributed by atoms with Crippen molar-refractivity contribution in [2.75, 3.05) is 19.6 Å². The summed E-state index contributed by atoms with van der Waals surface area (Å²) in [6.45, 7) is 0.596. The van der Waals surface area contributed by atoms with Gasteiger partial charge in [0.1, 0.15) is 12.6 Å². The van der Waals surface area contributed by atoms with E-state index in [0.29, 0.717) is 49.3 Å². The van der Waals surface area contributed by atoms with Crippen LogP contribution < -0.4 is 16.8 Å². The van der Waals surface area contributed by atoms with Crippen LogP contribution in [0.25, 0.3) is 0 Å². The molecule has 3 atom stereocenters. The van der Waals surface area contributed by atoms with Crippen LogP contribution in [0.1, 0.15) is 45.8 Å². The van der Waals surface area contributed by atoms with Gasteiger partial charge in [-0.1, -0.05) is 18.2 Å². The van der Waals surface area contributed by atoms with Crippen LogP contribution in [0, 0.1) is 0 Å². The number of aliphatic imine (C=N–C) groups is 1. The average Bonchev–Trinajstić information content (AvgIpc) is 3.56. The lowest BCUT2D eigenvalue weighted by molar-refractivity contribution is -0.144. The number of nitrogens with one attached hydrogen (secondary N) is 1. The second-order valence-corrected chi connectivity index (χ2v) is 9.71. The molecule has 1 aromatic carbocycles. The molecule has 3 amide bonds. The molecule has 4 rings (SSSR count). The Morgan fingerprint density at radius 2 is 1.97 bits per heavy atom. The number of nitrogens with two attached hydrogens (primary N) is 2. The molecule has 2 aliphatic heterocycles. The first kappa shape index (κ1) is 25.3. The summed E-state index contributed by atoms with van der Waals surface area (Å²) in [5, 5.41) is 4.84. The number of rotatable bonds is 9. The van der Waals surface area contributed by atoms with Gasteiger partial charge in [-0.25, -0.2) is 4.98 Å². The van der Waals surface area contributed by atoms with Gasteiger partial charge in [-0.3, -0.25) is 24.2 Å². The van der Waals surface area contributed by atoms with Gasteiger partial charge in [-0.2, -0.15) is 0 Å². The van der Waals surface area contributed by atoms with Gasteiger partial charge in [0.2, 0.25) is 17.6 Å². The maximum Gasteiger partial charge on any atom is 0.254 e. The molecule has 11 nitrogen and oxygen atoms in total. The third-order valence-corrected chi connectivity index (χ3v) is 7.17. The first-order chi connectivity index (χ1) is 17.3. The number of benzene rings is 1. The van der Waals surface area contributed by atoms with E-state index in [1.165, 1.54) is 22.4 Å². The Bertz CT molecular complexity index is 1130. The van der Waals surface area contributed by atoms with Crippen LogP contribution >= 0.6 is 11.3 Å². The summed E-state index contributed by atoms with van der Waals surface area (Å²) in [5.74, 6) is -1.19. The third kappa shape index (κ3) is 5.70. The average molecular weight is 512 g/mol. The first-order valence-corrected chi connectivity index (χ1v) is 12.7. The van der Waals surface area contributed by atoms with Crippen molar-refractivity contribution in [3.8, 4) is 0 Å². The van der Waals surface area contributed by atoms with E-state index in [2.05, 4.69) is 15.3 Å². The van der Waals surface area contributed by atoms with Crippen molar-refractivity contribution in [2.45, 2.75) is 43.8 Å². The molecule has 5 N–H and O–H groups in total. The van der Waals surface area contributed by atoms with E-state index >= 15 is 0 Å². The lowest BCUT2D eigenvalue weighted by Crippen LogP contribution is -2.60. The van der Waals surface area contributed by atoms with Gasteiger partial charge in [-0.15, -0.1) is 11.3 Å². The van der Waals surface area contributed by atoms with E-state index in [4.69, 9.17) is 11.5 Å². The molecular formula is C24H29N7O4S. The molecule has 3 heterocycles. The number of Topliss-reactive ketones (excluding diaryl/α,β-unsaturated/α-hetero) is 1. The molecule has 0 spiro atoms. The normalized spacial score (nSPS) is 19.9. The molecule has 0 bridgehead atoms. The number of fused-ring (bicyclic) bond motifs is 1. The van der Waals surface area contributed by atoms with Gasteiger partial charge in [0, 0.05) is 30.2 Å². The quantitative estimate of drug-likeness (QED) is 0.190. The second kappa shape index (κ2) is 11.3. The molecule has 2 aliphatic rings. The Labute approximate surface area is 212 Å². The van der Waals surface area contributed by atoms with Crippen LogP contribution in [0.2, 0.25) is 0 Å². The Kier molecular flexibility index (Phi) is 7.93. The molecule has 2 saturated heterocycles. The molecule has 0 aliphatic carbocycles. The monoisotopic (exact) mass is 511 g/mol. The largest absolute Gasteiger partial charge is 0.370 e. The summed E-state index contributed by atoms with van der Waals surface area (Å²) in [6, 6.07) is 7.07. The summed E-state index contributed by atoms with van der Waals surface area (Å²) in [4.78, 5) is 63.3. The number of carbonyl (C=O) groups is 4. The molecule has 1 aromatic heterocycles. The van der Waals surface area contributed by atoms with Crippen LogP contribution in [0.5, 0.6) is 0 Å². The zero-order chi connectivity index (χ0) is 25.7. The lowest BCUT2D eigenvalue weighted by Gasteiger charge is -2.39. The standard InChI is InChI=1S/C24H29N7O4S/c25-24(26)28-10-4-7-17(20(33)22-27-11-12-36-22)29-21(34)18-9-8-16-13-30(14-19(32)31(16)18)23(35)15-5-2-1-3-6-15/h1-3,5-6,11-12,16-18H,4,7-10,13-14H2,(H,29,34)(H4,25,26,28). The van der Waals surface area contributed by atoms with Crippen LogP contribution in [0.15, 0.2) is 46.9 Å². The summed E-state index contributed by atoms with van der Waals surface area (Å²) in [5.41, 5.74) is 11.3. The summed E-state index contributed by atoms with van der Waals surface area (Å²) >= 11 is 1.20. The SMILES string of the molecule is NC(N)=NCCCC(NC(=O)C1CCC2CN(C(=O)c3ccccc3)CC(=O)N21)C(=O)c1nccs1. The molecule has 0 radical (unpaired) electrons. The smallest absolute Gasteiger partial charge is 0.254 e. The van der Waals surface area contributed by atoms with E-state index in [1.807, 2.05) is 6.07 Å². The predicted octanol–water partition coefficient (Wildman–Crippen LogP) is 0.380. The third-order valence-electron chi connectivity index (χ3n) is 6.38. The van der Waals surface area contributed by atoms with Crippen molar-refractivity contribution < 1.29 is 19.2 Å². The van der Waals surface area contributed by atoms with Crippen molar-refractivity contribution in [3.05, 3.63) is 52.5 Å². The molecule has 3 unspecified atom stereocenters. The highest BCUT2D eigenvalue weighted by molar-refractivity contribution is 7.11. The van der Waals surface area contributed by atoms with Crippen LogP contribution in [0.3, 0.4) is 0 Å². The Hall–Kier alpha value is -3.80. The van der Waals surface area contributed by atoms with Gasteiger partial charge in [0.15, 0.2) is 11.0 Å². The molecular weight excluding hydrogens is 482 g/mol. The van der Waals surface area contributed by atoms with Crippen molar-refractivity contribution in [1.82, 2.24) is 20.1 Å². The fraction of sp³-hybridized carbons (Fsp3) is 0.417. The van der Waals surface area contributed by atoms with Crippen molar-refractivity contribution in [1.29, 1.82) is 0 Å². The van der Waals surface area contributed by atoms with E-state index in [1.54, 1.807) is 34.5 Å². The van der Waals surface area contributed by atoms with Gasteiger partial charge < -0.3 is 26.6 Å². The number of piperazine rings is 1. The molecule has 36 heavy (non-hydrogen) atoms. The van der Waals surface area contributed by atoms with Gasteiger partial charge in [-0.05, 0) is 37.8 Å². The number of thiazole rings is 1. The second-order valence-electron chi connectivity index (χ2n) is 8.81. The Morgan fingerprint density at radius 3 is 2.67 bits per heavy atom.